The Bertz CT molecular complexity index is 501. The van der Waals surface area contributed by atoms with Crippen molar-refractivity contribution in [3.8, 4) is 5.75 Å². The van der Waals surface area contributed by atoms with Crippen molar-refractivity contribution < 1.29 is 4.52 Å². The lowest BCUT2D eigenvalue weighted by atomic mass is 10.3. The molecule has 0 heterocycles. The lowest BCUT2D eigenvalue weighted by Gasteiger charge is -2.19. The van der Waals surface area contributed by atoms with Crippen molar-refractivity contribution in [1.82, 2.24) is 0 Å². The first-order chi connectivity index (χ1) is 7.68. The molecule has 0 spiro atoms. The summed E-state index contributed by atoms with van der Waals surface area (Å²) in [6.45, 7) is 0. The van der Waals surface area contributed by atoms with Gasteiger partial charge in [-0.15, -0.1) is 0 Å². The van der Waals surface area contributed by atoms with Gasteiger partial charge in [-0.3, -0.25) is 0 Å². The minimum absolute atomic E-state index is 0.874. The van der Waals surface area contributed by atoms with Crippen molar-refractivity contribution in [3.63, 3.8) is 0 Å². The van der Waals surface area contributed by atoms with Crippen LogP contribution in [0.4, 0.5) is 0 Å². The first-order valence-electron chi connectivity index (χ1n) is 5.06. The molecule has 0 radical (unpaired) electrons. The van der Waals surface area contributed by atoms with Gasteiger partial charge < -0.3 is 4.52 Å². The van der Waals surface area contributed by atoms with E-state index in [4.69, 9.17) is 16.3 Å². The molecule has 0 aromatic heterocycles. The molecule has 0 amide bonds. The normalized spacial score (nSPS) is 14.2. The Morgan fingerprint density at radius 1 is 0.875 bits per heavy atom. The van der Waals surface area contributed by atoms with Gasteiger partial charge in [-0.05, 0) is 12.1 Å². The lowest BCUT2D eigenvalue weighted by Crippen LogP contribution is -2.08. The lowest BCUT2D eigenvalue weighted by molar-refractivity contribution is 0.632. The molecule has 0 N–H and O–H groups in total. The largest absolute Gasteiger partial charge is 0.468 e. The van der Waals surface area contributed by atoms with Crippen molar-refractivity contribution in [1.29, 1.82) is 0 Å². The molecule has 1 unspecified atom stereocenters. The van der Waals surface area contributed by atoms with Crippen molar-refractivity contribution in [2.75, 3.05) is 0 Å². The Morgan fingerprint density at radius 3 is 1.94 bits per heavy atom. The molecule has 1 atom stereocenters. The molecule has 0 saturated carbocycles. The average molecular weight is 264 g/mol. The quantitative estimate of drug-likeness (QED) is 0.620. The van der Waals surface area contributed by atoms with Crippen LogP contribution in [-0.4, -0.2) is 9.91 Å². The molecular weight excluding hydrogens is 251 g/mol. The van der Waals surface area contributed by atoms with Crippen molar-refractivity contribution in [3.05, 3.63) is 60.7 Å². The van der Waals surface area contributed by atoms with Crippen LogP contribution in [0.25, 0.3) is 0 Å². The summed E-state index contributed by atoms with van der Waals surface area (Å²) in [5, 5.41) is 1.17. The van der Waals surface area contributed by atoms with E-state index in [1.807, 2.05) is 48.5 Å². The summed E-state index contributed by atoms with van der Waals surface area (Å²) in [7, 11) is 0.874. The predicted octanol–water partition coefficient (Wildman–Crippen LogP) is 2.07. The van der Waals surface area contributed by atoms with E-state index in [1.54, 1.807) is 0 Å². The molecule has 16 heavy (non-hydrogen) atoms. The molecule has 2 aromatic rings. The second-order valence-corrected chi connectivity index (χ2v) is 13.8. The molecule has 0 fully saturated rings. The Morgan fingerprint density at radius 2 is 1.38 bits per heavy atom. The van der Waals surface area contributed by atoms with Crippen LogP contribution in [-0.2, 0) is 11.8 Å². The van der Waals surface area contributed by atoms with Gasteiger partial charge in [0.05, 0.1) is 9.91 Å². The van der Waals surface area contributed by atoms with Gasteiger partial charge in [-0.2, -0.15) is 0 Å². The minimum atomic E-state index is -1.79. The molecule has 2 rings (SSSR count). The molecule has 0 saturated heterocycles. The van der Waals surface area contributed by atoms with Gasteiger partial charge in [-0.25, -0.2) is 0 Å². The second-order valence-electron chi connectivity index (χ2n) is 3.59. The monoisotopic (exact) mass is 264 g/mol. The van der Waals surface area contributed by atoms with E-state index in [9.17, 15) is 0 Å². The first-order valence-corrected chi connectivity index (χ1v) is 10.9. The van der Waals surface area contributed by atoms with E-state index < -0.39 is 5.81 Å². The van der Waals surface area contributed by atoms with Crippen LogP contribution < -0.4 is 9.83 Å². The third-order valence-corrected chi connectivity index (χ3v) is 7.00. The number of hydrogen-bond donors (Lipinski definition) is 0. The fourth-order valence-electron chi connectivity index (χ4n) is 1.43. The molecule has 82 valence electrons. The van der Waals surface area contributed by atoms with Crippen molar-refractivity contribution in [2.45, 2.75) is 0 Å². The third-order valence-electron chi connectivity index (χ3n) is 2.25. The fraction of sp³-hybridized carbons (Fsp3) is 0. The molecule has 2 aromatic carbocycles. The smallest absolute Gasteiger partial charge is 0.124 e. The summed E-state index contributed by atoms with van der Waals surface area (Å²) in [6, 6.07) is 20.0. The highest BCUT2D eigenvalue weighted by molar-refractivity contribution is 8.27. The predicted molar refractivity (Wildman–Crippen MR) is 77.4 cm³/mol. The van der Waals surface area contributed by atoms with Gasteiger partial charge in [0.25, 0.3) is 0 Å². The van der Waals surface area contributed by atoms with Crippen molar-refractivity contribution in [2.24, 2.45) is 0 Å². The van der Waals surface area contributed by atoms with E-state index in [0.717, 1.165) is 15.7 Å². The topological polar surface area (TPSA) is 9.23 Å². The molecule has 0 bridgehead atoms. The van der Waals surface area contributed by atoms with E-state index in [2.05, 4.69) is 12.1 Å². The zero-order chi connectivity index (χ0) is 11.4. The maximum atomic E-state index is 5.98. The number of rotatable bonds is 3. The van der Waals surface area contributed by atoms with Gasteiger partial charge in [-0.1, -0.05) is 60.3 Å². The Balaban J connectivity index is 2.25. The maximum absolute atomic E-state index is 5.98. The molecule has 0 aliphatic heterocycles. The highest BCUT2D eigenvalue weighted by Gasteiger charge is 2.14. The fourth-order valence-corrected chi connectivity index (χ4v) is 4.93. The minimum Gasteiger partial charge on any atom is -0.468 e. The second kappa shape index (κ2) is 4.96. The number of para-hydroxylation sites is 1. The SMILES string of the molecule is [SiH3]P(=S)(Oc1ccccc1)c1ccccc1. The van der Waals surface area contributed by atoms with Crippen LogP contribution in [0.1, 0.15) is 0 Å². The van der Waals surface area contributed by atoms with Crippen LogP contribution >= 0.6 is 5.81 Å². The van der Waals surface area contributed by atoms with Gasteiger partial charge >= 0.3 is 0 Å². The van der Waals surface area contributed by atoms with E-state index >= 15 is 0 Å². The summed E-state index contributed by atoms with van der Waals surface area (Å²) < 4.78 is 5.98. The van der Waals surface area contributed by atoms with Gasteiger partial charge in [0.2, 0.25) is 0 Å². The summed E-state index contributed by atoms with van der Waals surface area (Å²) in [5.74, 6) is -0.915. The highest BCUT2D eigenvalue weighted by Crippen LogP contribution is 2.40. The number of hydrogen-bond acceptors (Lipinski definition) is 2. The Labute approximate surface area is 104 Å². The highest BCUT2D eigenvalue weighted by atomic mass is 32.5. The molecule has 0 aliphatic rings. The Kier molecular flexibility index (Phi) is 3.59. The molecule has 1 nitrogen and oxygen atoms in total. The van der Waals surface area contributed by atoms with Crippen molar-refractivity contribution >= 4 is 32.8 Å². The molecule has 4 heteroatoms. The van der Waals surface area contributed by atoms with Gasteiger partial charge in [0.15, 0.2) is 0 Å². The average Bonchev–Trinajstić information content (AvgIpc) is 2.31. The van der Waals surface area contributed by atoms with Crippen LogP contribution in [0.5, 0.6) is 5.75 Å². The van der Waals surface area contributed by atoms with E-state index in [1.165, 1.54) is 5.30 Å². The zero-order valence-corrected chi connectivity index (χ0v) is 12.7. The maximum Gasteiger partial charge on any atom is 0.124 e. The van der Waals surface area contributed by atoms with Crippen LogP contribution in [0.15, 0.2) is 60.7 Å². The summed E-state index contributed by atoms with van der Waals surface area (Å²) in [4.78, 5) is 0. The van der Waals surface area contributed by atoms with Gasteiger partial charge in [0.1, 0.15) is 11.6 Å². The van der Waals surface area contributed by atoms with Crippen LogP contribution in [0.3, 0.4) is 0 Å². The van der Waals surface area contributed by atoms with Gasteiger partial charge in [0, 0.05) is 5.30 Å². The first kappa shape index (κ1) is 11.6. The van der Waals surface area contributed by atoms with E-state index in [0.29, 0.717) is 0 Å². The van der Waals surface area contributed by atoms with Crippen LogP contribution in [0, 0.1) is 0 Å². The molecular formula is C12H13OPSSi. The Hall–Kier alpha value is -0.893. The molecule has 0 aliphatic carbocycles. The summed E-state index contributed by atoms with van der Waals surface area (Å²) >= 11 is 5.64. The standard InChI is InChI=1S/C12H13OPSSi/c15-14(16,12-9-5-2-6-10-12)13-11-7-3-1-4-8-11/h1-10H,16H3. The van der Waals surface area contributed by atoms with E-state index in [-0.39, 0.29) is 0 Å². The summed E-state index contributed by atoms with van der Waals surface area (Å²) in [5.41, 5.74) is 0. The summed E-state index contributed by atoms with van der Waals surface area (Å²) in [6.07, 6.45) is 0. The zero-order valence-electron chi connectivity index (χ0n) is 9.04. The number of benzene rings is 2. The van der Waals surface area contributed by atoms with Crippen LogP contribution in [0.2, 0.25) is 0 Å². The third kappa shape index (κ3) is 2.82.